The van der Waals surface area contributed by atoms with E-state index in [1.807, 2.05) is 6.92 Å². The van der Waals surface area contributed by atoms with Crippen LogP contribution in [0.15, 0.2) is 42.5 Å². The maximum Gasteiger partial charge on any atom is 0.319 e. The van der Waals surface area contributed by atoms with Gasteiger partial charge in [-0.2, -0.15) is 0 Å². The summed E-state index contributed by atoms with van der Waals surface area (Å²) in [5.74, 6) is -0.475. The molecule has 1 atom stereocenters. The second-order valence-electron chi connectivity index (χ2n) is 5.89. The number of nitrogens with zero attached hydrogens (tertiary/aromatic N) is 1. The molecule has 130 valence electrons. The predicted octanol–water partition coefficient (Wildman–Crippen LogP) is 3.71. The van der Waals surface area contributed by atoms with Gasteiger partial charge >= 0.3 is 6.03 Å². The number of anilines is 2. The first-order chi connectivity index (χ1) is 11.9. The number of hydrogen-bond acceptors (Lipinski definition) is 2. The van der Waals surface area contributed by atoms with Crippen LogP contribution in [0.1, 0.15) is 12.0 Å². The summed E-state index contributed by atoms with van der Waals surface area (Å²) in [6, 6.07) is 10.2. The molecule has 7 heteroatoms. The van der Waals surface area contributed by atoms with Crippen molar-refractivity contribution in [2.45, 2.75) is 19.4 Å². The fourth-order valence-corrected chi connectivity index (χ4v) is 2.94. The lowest BCUT2D eigenvalue weighted by atomic mass is 10.2. The Labute approximate surface area is 149 Å². The van der Waals surface area contributed by atoms with Crippen molar-refractivity contribution >= 4 is 34.9 Å². The molecular weight excluding hydrogens is 345 g/mol. The zero-order valence-corrected chi connectivity index (χ0v) is 14.3. The topological polar surface area (TPSA) is 61.4 Å². The smallest absolute Gasteiger partial charge is 0.319 e. The Bertz CT molecular complexity index is 810. The molecule has 25 heavy (non-hydrogen) atoms. The van der Waals surface area contributed by atoms with Crippen molar-refractivity contribution in [3.05, 3.63) is 58.9 Å². The van der Waals surface area contributed by atoms with Crippen molar-refractivity contribution < 1.29 is 14.0 Å². The number of halogens is 2. The third-order valence-corrected chi connectivity index (χ3v) is 4.52. The minimum absolute atomic E-state index is 0.115. The number of carbonyl (C=O) groups is 2. The summed E-state index contributed by atoms with van der Waals surface area (Å²) in [4.78, 5) is 25.9. The van der Waals surface area contributed by atoms with E-state index in [0.717, 1.165) is 5.56 Å². The predicted molar refractivity (Wildman–Crippen MR) is 95.5 cm³/mol. The van der Waals surface area contributed by atoms with E-state index in [1.165, 1.54) is 17.0 Å². The fraction of sp³-hybridized carbons (Fsp3) is 0.222. The molecule has 2 aromatic rings. The normalized spacial score (nSPS) is 16.8. The Hall–Kier alpha value is -2.60. The van der Waals surface area contributed by atoms with E-state index in [9.17, 15) is 14.0 Å². The molecule has 2 N–H and O–H groups in total. The first-order valence-corrected chi connectivity index (χ1v) is 8.20. The van der Waals surface area contributed by atoms with Gasteiger partial charge in [-0.05, 0) is 48.9 Å². The molecule has 5 nitrogen and oxygen atoms in total. The van der Waals surface area contributed by atoms with E-state index in [0.29, 0.717) is 22.9 Å². The largest absolute Gasteiger partial charge is 0.333 e. The molecule has 1 unspecified atom stereocenters. The van der Waals surface area contributed by atoms with Gasteiger partial charge in [-0.15, -0.1) is 0 Å². The number of benzene rings is 2. The van der Waals surface area contributed by atoms with Crippen LogP contribution in [0, 0.1) is 12.7 Å². The SMILES string of the molecule is Cc1c(Cl)cccc1NC(=O)NC1CC(=O)N(c2ccc(F)cc2)C1. The highest BCUT2D eigenvalue weighted by atomic mass is 35.5. The van der Waals surface area contributed by atoms with E-state index in [1.54, 1.807) is 30.3 Å². The molecule has 0 aromatic heterocycles. The maximum atomic E-state index is 13.0. The molecule has 0 aliphatic carbocycles. The molecule has 0 radical (unpaired) electrons. The summed E-state index contributed by atoms with van der Waals surface area (Å²) in [5.41, 5.74) is 2.00. The number of rotatable bonds is 3. The van der Waals surface area contributed by atoms with Crippen molar-refractivity contribution in [3.63, 3.8) is 0 Å². The van der Waals surface area contributed by atoms with Crippen LogP contribution in [-0.4, -0.2) is 24.5 Å². The van der Waals surface area contributed by atoms with Gasteiger partial charge in [0.05, 0.1) is 6.04 Å². The Morgan fingerprint density at radius 3 is 2.68 bits per heavy atom. The summed E-state index contributed by atoms with van der Waals surface area (Å²) in [6.45, 7) is 2.15. The summed E-state index contributed by atoms with van der Waals surface area (Å²) in [7, 11) is 0. The highest BCUT2D eigenvalue weighted by molar-refractivity contribution is 6.31. The number of hydrogen-bond donors (Lipinski definition) is 2. The highest BCUT2D eigenvalue weighted by Crippen LogP contribution is 2.24. The van der Waals surface area contributed by atoms with E-state index < -0.39 is 6.03 Å². The zero-order chi connectivity index (χ0) is 18.0. The molecule has 2 aromatic carbocycles. The van der Waals surface area contributed by atoms with Crippen molar-refractivity contribution in [1.82, 2.24) is 5.32 Å². The standard InChI is InChI=1S/C18H17ClFN3O2/c1-11-15(19)3-2-4-16(11)22-18(25)21-13-9-17(24)23(10-13)14-7-5-12(20)6-8-14/h2-8,13H,9-10H2,1H3,(H2,21,22,25). The third kappa shape index (κ3) is 3.91. The quantitative estimate of drug-likeness (QED) is 0.875. The van der Waals surface area contributed by atoms with Gasteiger partial charge < -0.3 is 15.5 Å². The zero-order valence-electron chi connectivity index (χ0n) is 13.6. The van der Waals surface area contributed by atoms with Gasteiger partial charge in [-0.3, -0.25) is 4.79 Å². The fourth-order valence-electron chi connectivity index (χ4n) is 2.76. The third-order valence-electron chi connectivity index (χ3n) is 4.11. The van der Waals surface area contributed by atoms with Crippen LogP contribution in [0.3, 0.4) is 0 Å². The maximum absolute atomic E-state index is 13.0. The number of urea groups is 1. The molecule has 0 spiro atoms. The molecule has 0 saturated carbocycles. The Kier molecular flexibility index (Phi) is 4.90. The lowest BCUT2D eigenvalue weighted by Crippen LogP contribution is -2.39. The first-order valence-electron chi connectivity index (χ1n) is 7.82. The van der Waals surface area contributed by atoms with Crippen LogP contribution in [0.25, 0.3) is 0 Å². The second kappa shape index (κ2) is 7.11. The van der Waals surface area contributed by atoms with Crippen LogP contribution in [0.2, 0.25) is 5.02 Å². The van der Waals surface area contributed by atoms with Crippen molar-refractivity contribution in [1.29, 1.82) is 0 Å². The van der Waals surface area contributed by atoms with Gasteiger partial charge in [0.15, 0.2) is 0 Å². The summed E-state index contributed by atoms with van der Waals surface area (Å²) in [6.07, 6.45) is 0.194. The average molecular weight is 362 g/mol. The van der Waals surface area contributed by atoms with E-state index in [4.69, 9.17) is 11.6 Å². The van der Waals surface area contributed by atoms with E-state index >= 15 is 0 Å². The van der Waals surface area contributed by atoms with E-state index in [-0.39, 0.29) is 24.2 Å². The highest BCUT2D eigenvalue weighted by Gasteiger charge is 2.31. The van der Waals surface area contributed by atoms with Gasteiger partial charge in [-0.1, -0.05) is 17.7 Å². The molecule has 1 fully saturated rings. The molecular formula is C18H17ClFN3O2. The molecule has 1 saturated heterocycles. The Balaban J connectivity index is 1.62. The van der Waals surface area contributed by atoms with Gasteiger partial charge in [0.25, 0.3) is 0 Å². The average Bonchev–Trinajstić information content (AvgIpc) is 2.93. The van der Waals surface area contributed by atoms with Crippen LogP contribution >= 0.6 is 11.6 Å². The van der Waals surface area contributed by atoms with Crippen LogP contribution in [-0.2, 0) is 4.79 Å². The Morgan fingerprint density at radius 2 is 1.96 bits per heavy atom. The second-order valence-corrected chi connectivity index (χ2v) is 6.30. The van der Waals surface area contributed by atoms with E-state index in [2.05, 4.69) is 10.6 Å². The first kappa shape index (κ1) is 17.2. The monoisotopic (exact) mass is 361 g/mol. The molecule has 0 bridgehead atoms. The van der Waals surface area contributed by atoms with Crippen molar-refractivity contribution in [2.75, 3.05) is 16.8 Å². The molecule has 1 heterocycles. The number of amides is 3. The molecule has 1 aliphatic heterocycles. The van der Waals surface area contributed by atoms with Crippen LogP contribution in [0.5, 0.6) is 0 Å². The van der Waals surface area contributed by atoms with Gasteiger partial charge in [0, 0.05) is 29.4 Å². The minimum atomic E-state index is -0.399. The summed E-state index contributed by atoms with van der Waals surface area (Å²) < 4.78 is 13.0. The van der Waals surface area contributed by atoms with Crippen LogP contribution in [0.4, 0.5) is 20.6 Å². The minimum Gasteiger partial charge on any atom is -0.333 e. The lowest BCUT2D eigenvalue weighted by Gasteiger charge is -2.17. The molecule has 3 amide bonds. The van der Waals surface area contributed by atoms with Gasteiger partial charge in [-0.25, -0.2) is 9.18 Å². The van der Waals surface area contributed by atoms with Crippen molar-refractivity contribution in [2.24, 2.45) is 0 Å². The number of carbonyl (C=O) groups excluding carboxylic acids is 2. The van der Waals surface area contributed by atoms with Gasteiger partial charge in [0.2, 0.25) is 5.91 Å². The summed E-state index contributed by atoms with van der Waals surface area (Å²) >= 11 is 6.04. The Morgan fingerprint density at radius 1 is 1.24 bits per heavy atom. The molecule has 1 aliphatic rings. The van der Waals surface area contributed by atoms with Gasteiger partial charge in [0.1, 0.15) is 5.82 Å². The molecule has 3 rings (SSSR count). The van der Waals surface area contributed by atoms with Crippen molar-refractivity contribution in [3.8, 4) is 0 Å². The lowest BCUT2D eigenvalue weighted by molar-refractivity contribution is -0.117. The summed E-state index contributed by atoms with van der Waals surface area (Å²) in [5, 5.41) is 6.09. The van der Waals surface area contributed by atoms with Crippen LogP contribution < -0.4 is 15.5 Å². The number of nitrogens with one attached hydrogen (secondary N) is 2.